The first-order valence-electron chi connectivity index (χ1n) is 8.87. The Hall–Kier alpha value is -3.25. The lowest BCUT2D eigenvalue weighted by atomic mass is 10.2. The number of pyridine rings is 1. The van der Waals surface area contributed by atoms with Gasteiger partial charge in [0.1, 0.15) is 10.8 Å². The van der Waals surface area contributed by atoms with E-state index in [1.54, 1.807) is 24.5 Å². The molecule has 140 valence electrons. The Morgan fingerprint density at radius 3 is 2.82 bits per heavy atom. The van der Waals surface area contributed by atoms with Crippen molar-refractivity contribution in [2.45, 2.75) is 13.5 Å². The van der Waals surface area contributed by atoms with Gasteiger partial charge in [-0.2, -0.15) is 0 Å². The zero-order chi connectivity index (χ0) is 19.5. The Kier molecular flexibility index (Phi) is 5.04. The summed E-state index contributed by atoms with van der Waals surface area (Å²) in [6, 6.07) is 17.2. The third-order valence-electron chi connectivity index (χ3n) is 4.40. The number of nitrogens with zero attached hydrogens (tertiary/aromatic N) is 2. The van der Waals surface area contributed by atoms with Crippen molar-refractivity contribution in [3.8, 4) is 16.3 Å². The van der Waals surface area contributed by atoms with Crippen molar-refractivity contribution in [2.75, 3.05) is 7.11 Å². The number of aromatic nitrogens is 2. The topological polar surface area (TPSA) is 64.1 Å². The van der Waals surface area contributed by atoms with Gasteiger partial charge < -0.3 is 10.1 Å². The van der Waals surface area contributed by atoms with Gasteiger partial charge in [0.2, 0.25) is 0 Å². The second-order valence-electron chi connectivity index (χ2n) is 6.42. The minimum atomic E-state index is -0.114. The lowest BCUT2D eigenvalue weighted by Crippen LogP contribution is -2.22. The fraction of sp³-hybridized carbons (Fsp3) is 0.136. The molecule has 0 unspecified atom stereocenters. The first-order valence-corrected chi connectivity index (χ1v) is 9.69. The van der Waals surface area contributed by atoms with Crippen LogP contribution >= 0.6 is 11.3 Å². The minimum absolute atomic E-state index is 0.114. The molecule has 6 heteroatoms. The summed E-state index contributed by atoms with van der Waals surface area (Å²) in [6.07, 6.45) is 1.83. The average Bonchev–Trinajstić information content (AvgIpc) is 3.16. The van der Waals surface area contributed by atoms with Crippen molar-refractivity contribution in [2.24, 2.45) is 0 Å². The van der Waals surface area contributed by atoms with Crippen LogP contribution in [-0.4, -0.2) is 23.0 Å². The summed E-state index contributed by atoms with van der Waals surface area (Å²) in [5, 5.41) is 3.86. The summed E-state index contributed by atoms with van der Waals surface area (Å²) in [6.45, 7) is 2.40. The number of methoxy groups -OCH3 is 1. The molecule has 4 rings (SSSR count). The van der Waals surface area contributed by atoms with Crippen LogP contribution in [0.4, 0.5) is 0 Å². The third-order valence-corrected chi connectivity index (χ3v) is 5.46. The first kappa shape index (κ1) is 18.1. The third kappa shape index (κ3) is 3.87. The van der Waals surface area contributed by atoms with Crippen LogP contribution in [0.5, 0.6) is 5.75 Å². The van der Waals surface area contributed by atoms with Crippen LogP contribution < -0.4 is 10.1 Å². The van der Waals surface area contributed by atoms with E-state index in [1.165, 1.54) is 0 Å². The zero-order valence-electron chi connectivity index (χ0n) is 15.6. The van der Waals surface area contributed by atoms with E-state index in [-0.39, 0.29) is 5.91 Å². The van der Waals surface area contributed by atoms with Gasteiger partial charge >= 0.3 is 0 Å². The van der Waals surface area contributed by atoms with E-state index in [4.69, 9.17) is 4.74 Å². The van der Waals surface area contributed by atoms with Crippen LogP contribution in [0.15, 0.2) is 60.8 Å². The van der Waals surface area contributed by atoms with E-state index in [2.05, 4.69) is 15.3 Å². The molecule has 0 saturated heterocycles. The van der Waals surface area contributed by atoms with Gasteiger partial charge in [-0.1, -0.05) is 12.1 Å². The summed E-state index contributed by atoms with van der Waals surface area (Å²) < 4.78 is 6.19. The number of benzene rings is 2. The predicted octanol–water partition coefficient (Wildman–Crippen LogP) is 4.61. The standard InChI is InChI=1S/C22H19N3O2S/c1-14-6-7-17(13-23-14)22-25-19-9-8-16(11-20(19)28-22)21(26)24-12-15-4-3-5-18(10-15)27-2/h3-11,13H,12H2,1-2H3,(H,24,26). The molecule has 2 aromatic heterocycles. The number of aryl methyl sites for hydroxylation is 1. The molecule has 5 nitrogen and oxygen atoms in total. The first-order chi connectivity index (χ1) is 13.6. The van der Waals surface area contributed by atoms with Gasteiger partial charge in [0.05, 0.1) is 17.3 Å². The van der Waals surface area contributed by atoms with Gasteiger partial charge in [-0.3, -0.25) is 9.78 Å². The summed E-state index contributed by atoms with van der Waals surface area (Å²) in [5.41, 5.74) is 4.44. The van der Waals surface area contributed by atoms with Gasteiger partial charge in [0, 0.05) is 29.6 Å². The van der Waals surface area contributed by atoms with E-state index in [1.807, 2.05) is 61.7 Å². The van der Waals surface area contributed by atoms with Gasteiger partial charge in [0.15, 0.2) is 0 Å². The van der Waals surface area contributed by atoms with Gasteiger partial charge in [-0.05, 0) is 55.0 Å². The van der Waals surface area contributed by atoms with Gasteiger partial charge in [-0.15, -0.1) is 11.3 Å². The van der Waals surface area contributed by atoms with Crippen LogP contribution in [0, 0.1) is 6.92 Å². The van der Waals surface area contributed by atoms with Crippen molar-refractivity contribution in [1.29, 1.82) is 0 Å². The number of fused-ring (bicyclic) bond motifs is 1. The highest BCUT2D eigenvalue weighted by molar-refractivity contribution is 7.21. The van der Waals surface area contributed by atoms with Crippen molar-refractivity contribution >= 4 is 27.5 Å². The average molecular weight is 389 g/mol. The Morgan fingerprint density at radius 1 is 1.14 bits per heavy atom. The number of rotatable bonds is 5. The highest BCUT2D eigenvalue weighted by Crippen LogP contribution is 2.30. The number of hydrogen-bond acceptors (Lipinski definition) is 5. The Bertz CT molecular complexity index is 1140. The molecule has 0 atom stereocenters. The van der Waals surface area contributed by atoms with E-state index in [0.29, 0.717) is 12.1 Å². The maximum Gasteiger partial charge on any atom is 0.251 e. The Labute approximate surface area is 167 Å². The van der Waals surface area contributed by atoms with E-state index in [9.17, 15) is 4.79 Å². The Balaban J connectivity index is 1.52. The molecule has 0 spiro atoms. The molecule has 2 aromatic carbocycles. The maximum absolute atomic E-state index is 12.6. The Morgan fingerprint density at radius 2 is 2.04 bits per heavy atom. The van der Waals surface area contributed by atoms with E-state index < -0.39 is 0 Å². The highest BCUT2D eigenvalue weighted by Gasteiger charge is 2.11. The molecule has 0 aliphatic carbocycles. The summed E-state index contributed by atoms with van der Waals surface area (Å²) in [4.78, 5) is 21.6. The van der Waals surface area contributed by atoms with Gasteiger partial charge in [0.25, 0.3) is 5.91 Å². The summed E-state index contributed by atoms with van der Waals surface area (Å²) >= 11 is 1.56. The smallest absolute Gasteiger partial charge is 0.251 e. The molecule has 0 fully saturated rings. The minimum Gasteiger partial charge on any atom is -0.497 e. The van der Waals surface area contributed by atoms with Crippen LogP contribution in [0.3, 0.4) is 0 Å². The van der Waals surface area contributed by atoms with Crippen molar-refractivity contribution < 1.29 is 9.53 Å². The van der Waals surface area contributed by atoms with Crippen molar-refractivity contribution in [3.63, 3.8) is 0 Å². The number of carbonyl (C=O) groups excluding carboxylic acids is 1. The van der Waals surface area contributed by atoms with E-state index in [0.717, 1.165) is 37.8 Å². The van der Waals surface area contributed by atoms with Crippen molar-refractivity contribution in [3.05, 3.63) is 77.6 Å². The number of ether oxygens (including phenoxy) is 1. The molecule has 1 amide bonds. The molecule has 0 bridgehead atoms. The van der Waals surface area contributed by atoms with Crippen LogP contribution in [0.1, 0.15) is 21.6 Å². The largest absolute Gasteiger partial charge is 0.497 e. The van der Waals surface area contributed by atoms with Crippen LogP contribution in [-0.2, 0) is 6.54 Å². The normalized spacial score (nSPS) is 10.8. The number of nitrogens with one attached hydrogen (secondary N) is 1. The molecular weight excluding hydrogens is 370 g/mol. The summed E-state index contributed by atoms with van der Waals surface area (Å²) in [7, 11) is 1.63. The van der Waals surface area contributed by atoms with Crippen molar-refractivity contribution in [1.82, 2.24) is 15.3 Å². The molecule has 0 aliphatic rings. The highest BCUT2D eigenvalue weighted by atomic mass is 32.1. The maximum atomic E-state index is 12.6. The number of hydrogen-bond donors (Lipinski definition) is 1. The fourth-order valence-electron chi connectivity index (χ4n) is 2.85. The van der Waals surface area contributed by atoms with E-state index >= 15 is 0 Å². The van der Waals surface area contributed by atoms with Crippen LogP contribution in [0.25, 0.3) is 20.8 Å². The monoisotopic (exact) mass is 389 g/mol. The molecule has 0 aliphatic heterocycles. The predicted molar refractivity (Wildman–Crippen MR) is 112 cm³/mol. The molecule has 0 radical (unpaired) electrons. The lowest BCUT2D eigenvalue weighted by Gasteiger charge is -2.07. The molecule has 2 heterocycles. The molecule has 1 N–H and O–H groups in total. The van der Waals surface area contributed by atoms with Crippen LogP contribution in [0.2, 0.25) is 0 Å². The number of amides is 1. The van der Waals surface area contributed by atoms with Gasteiger partial charge in [-0.25, -0.2) is 4.98 Å². The lowest BCUT2D eigenvalue weighted by molar-refractivity contribution is 0.0951. The molecule has 28 heavy (non-hydrogen) atoms. The molecular formula is C22H19N3O2S. The summed E-state index contributed by atoms with van der Waals surface area (Å²) in [5.74, 6) is 0.660. The fourth-order valence-corrected chi connectivity index (χ4v) is 3.85. The molecule has 0 saturated carbocycles. The second kappa shape index (κ2) is 7.78. The second-order valence-corrected chi connectivity index (χ2v) is 7.45. The molecule has 4 aromatic rings. The number of carbonyl (C=O) groups is 1. The SMILES string of the molecule is COc1cccc(CNC(=O)c2ccc3nc(-c4ccc(C)nc4)sc3c2)c1. The number of thiazole rings is 1. The quantitative estimate of drug-likeness (QED) is 0.542. The zero-order valence-corrected chi connectivity index (χ0v) is 16.4.